The van der Waals surface area contributed by atoms with E-state index in [4.69, 9.17) is 0 Å². The van der Waals surface area contributed by atoms with Gasteiger partial charge in [0.1, 0.15) is 0 Å². The summed E-state index contributed by atoms with van der Waals surface area (Å²) in [6, 6.07) is 9.04. The largest absolute Gasteiger partial charge is 0.326 e. The first kappa shape index (κ1) is 13.9. The molecule has 110 valence electrons. The van der Waals surface area contributed by atoms with E-state index >= 15 is 0 Å². The van der Waals surface area contributed by atoms with Crippen LogP contribution in [0.5, 0.6) is 0 Å². The number of anilines is 1. The van der Waals surface area contributed by atoms with Gasteiger partial charge in [0.2, 0.25) is 5.91 Å². The van der Waals surface area contributed by atoms with Gasteiger partial charge in [-0.3, -0.25) is 14.6 Å². The Labute approximate surface area is 126 Å². The van der Waals surface area contributed by atoms with E-state index in [1.54, 1.807) is 30.6 Å². The molecular weight excluding hydrogens is 280 g/mol. The monoisotopic (exact) mass is 294 g/mol. The Morgan fingerprint density at radius 1 is 1.18 bits per heavy atom. The Morgan fingerprint density at radius 3 is 2.68 bits per heavy atom. The average molecular weight is 294 g/mol. The van der Waals surface area contributed by atoms with Crippen molar-refractivity contribution in [2.75, 3.05) is 5.32 Å². The number of pyridine rings is 1. The third kappa shape index (κ3) is 2.85. The Hall–Kier alpha value is -3.02. The molecule has 2 heterocycles. The molecule has 3 aromatic rings. The fourth-order valence-corrected chi connectivity index (χ4v) is 2.33. The molecule has 22 heavy (non-hydrogen) atoms. The summed E-state index contributed by atoms with van der Waals surface area (Å²) in [7, 11) is 0. The summed E-state index contributed by atoms with van der Waals surface area (Å²) < 4.78 is 0. The van der Waals surface area contributed by atoms with Gasteiger partial charge in [0.05, 0.1) is 11.1 Å². The predicted octanol–water partition coefficient (Wildman–Crippen LogP) is 1.87. The van der Waals surface area contributed by atoms with Crippen LogP contribution in [0, 0.1) is 0 Å². The molecular formula is C16H14N4O2. The fourth-order valence-electron chi connectivity index (χ4n) is 2.33. The van der Waals surface area contributed by atoms with Crippen LogP contribution >= 0.6 is 0 Å². The van der Waals surface area contributed by atoms with Gasteiger partial charge in [-0.25, -0.2) is 5.10 Å². The summed E-state index contributed by atoms with van der Waals surface area (Å²) in [6.45, 7) is 1.43. The number of fused-ring (bicyclic) bond motifs is 1. The SMILES string of the molecule is CC(=O)Nc1ccc2c(Cc3ccncc3)n[nH]c(=O)c2c1. The van der Waals surface area contributed by atoms with Gasteiger partial charge in [0, 0.05) is 36.8 Å². The zero-order valence-electron chi connectivity index (χ0n) is 12.0. The number of aromatic nitrogens is 3. The summed E-state index contributed by atoms with van der Waals surface area (Å²) >= 11 is 0. The lowest BCUT2D eigenvalue weighted by Gasteiger charge is -2.07. The molecule has 0 fully saturated rings. The van der Waals surface area contributed by atoms with Gasteiger partial charge in [-0.05, 0) is 29.8 Å². The van der Waals surface area contributed by atoms with Crippen LogP contribution in [-0.2, 0) is 11.2 Å². The zero-order chi connectivity index (χ0) is 15.5. The Bertz CT molecular complexity index is 888. The first-order valence-corrected chi connectivity index (χ1v) is 6.81. The molecule has 0 atom stereocenters. The Kier molecular flexibility index (Phi) is 3.65. The zero-order valence-corrected chi connectivity index (χ0v) is 12.0. The highest BCUT2D eigenvalue weighted by atomic mass is 16.1. The summed E-state index contributed by atoms with van der Waals surface area (Å²) in [4.78, 5) is 27.1. The van der Waals surface area contributed by atoms with E-state index in [0.717, 1.165) is 16.6 Å². The highest BCUT2D eigenvalue weighted by Gasteiger charge is 2.09. The summed E-state index contributed by atoms with van der Waals surface area (Å²) in [5.41, 5.74) is 2.14. The number of H-pyrrole nitrogens is 1. The van der Waals surface area contributed by atoms with Crippen LogP contribution in [0.3, 0.4) is 0 Å². The van der Waals surface area contributed by atoms with Crippen molar-refractivity contribution in [3.63, 3.8) is 0 Å². The molecule has 3 rings (SSSR count). The first-order chi connectivity index (χ1) is 10.6. The molecule has 2 N–H and O–H groups in total. The van der Waals surface area contributed by atoms with E-state index in [-0.39, 0.29) is 11.5 Å². The summed E-state index contributed by atoms with van der Waals surface area (Å²) in [6.07, 6.45) is 4.03. The number of aromatic amines is 1. The number of benzene rings is 1. The topological polar surface area (TPSA) is 87.7 Å². The van der Waals surface area contributed by atoms with Crippen LogP contribution in [0.25, 0.3) is 10.8 Å². The van der Waals surface area contributed by atoms with Crippen molar-refractivity contribution < 1.29 is 4.79 Å². The maximum Gasteiger partial charge on any atom is 0.272 e. The molecule has 1 aromatic carbocycles. The van der Waals surface area contributed by atoms with Crippen LogP contribution < -0.4 is 10.9 Å². The van der Waals surface area contributed by atoms with E-state index < -0.39 is 0 Å². The quantitative estimate of drug-likeness (QED) is 0.772. The number of amides is 1. The highest BCUT2D eigenvalue weighted by Crippen LogP contribution is 2.20. The molecule has 6 nitrogen and oxygen atoms in total. The molecule has 0 aliphatic carbocycles. The smallest absolute Gasteiger partial charge is 0.272 e. The van der Waals surface area contributed by atoms with Crippen molar-refractivity contribution in [3.05, 3.63) is 64.3 Å². The van der Waals surface area contributed by atoms with Crippen molar-refractivity contribution in [2.45, 2.75) is 13.3 Å². The third-order valence-electron chi connectivity index (χ3n) is 3.31. The Balaban J connectivity index is 2.07. The van der Waals surface area contributed by atoms with Crippen LogP contribution in [0.2, 0.25) is 0 Å². The number of nitrogens with zero attached hydrogens (tertiary/aromatic N) is 2. The molecule has 0 bridgehead atoms. The van der Waals surface area contributed by atoms with Crippen LogP contribution in [0.15, 0.2) is 47.5 Å². The number of nitrogens with one attached hydrogen (secondary N) is 2. The average Bonchev–Trinajstić information content (AvgIpc) is 2.51. The van der Waals surface area contributed by atoms with E-state index in [1.165, 1.54) is 6.92 Å². The van der Waals surface area contributed by atoms with Gasteiger partial charge in [0.25, 0.3) is 5.56 Å². The van der Waals surface area contributed by atoms with Gasteiger partial charge in [0.15, 0.2) is 0 Å². The molecule has 6 heteroatoms. The number of carbonyl (C=O) groups excluding carboxylic acids is 1. The molecule has 0 saturated heterocycles. The second-order valence-corrected chi connectivity index (χ2v) is 4.97. The van der Waals surface area contributed by atoms with Crippen molar-refractivity contribution in [1.82, 2.24) is 15.2 Å². The lowest BCUT2D eigenvalue weighted by Crippen LogP contribution is -2.12. The number of carbonyl (C=O) groups is 1. The van der Waals surface area contributed by atoms with E-state index in [0.29, 0.717) is 17.5 Å². The lowest BCUT2D eigenvalue weighted by atomic mass is 10.0. The number of hydrogen-bond donors (Lipinski definition) is 2. The molecule has 0 radical (unpaired) electrons. The summed E-state index contributed by atoms with van der Waals surface area (Å²) in [5.74, 6) is -0.179. The standard InChI is InChI=1S/C16H14N4O2/c1-10(21)18-12-2-3-13-14(9-12)16(22)20-19-15(13)8-11-4-6-17-7-5-11/h2-7,9H,8H2,1H3,(H,18,21)(H,20,22). The van der Waals surface area contributed by atoms with Gasteiger partial charge in [-0.2, -0.15) is 5.10 Å². The third-order valence-corrected chi connectivity index (χ3v) is 3.31. The van der Waals surface area contributed by atoms with E-state index in [9.17, 15) is 9.59 Å². The van der Waals surface area contributed by atoms with E-state index in [1.807, 2.05) is 12.1 Å². The maximum atomic E-state index is 12.0. The highest BCUT2D eigenvalue weighted by molar-refractivity contribution is 5.93. The fraction of sp³-hybridized carbons (Fsp3) is 0.125. The predicted molar refractivity (Wildman–Crippen MR) is 83.7 cm³/mol. The number of hydrogen-bond acceptors (Lipinski definition) is 4. The second-order valence-electron chi connectivity index (χ2n) is 4.97. The van der Waals surface area contributed by atoms with Crippen molar-refractivity contribution >= 4 is 22.4 Å². The van der Waals surface area contributed by atoms with Crippen LogP contribution in [0.4, 0.5) is 5.69 Å². The molecule has 0 saturated carbocycles. The second kappa shape index (κ2) is 5.77. The normalized spacial score (nSPS) is 10.6. The van der Waals surface area contributed by atoms with Gasteiger partial charge >= 0.3 is 0 Å². The van der Waals surface area contributed by atoms with Crippen molar-refractivity contribution in [3.8, 4) is 0 Å². The first-order valence-electron chi connectivity index (χ1n) is 6.81. The van der Waals surface area contributed by atoms with Crippen molar-refractivity contribution in [2.24, 2.45) is 0 Å². The van der Waals surface area contributed by atoms with Crippen molar-refractivity contribution in [1.29, 1.82) is 0 Å². The summed E-state index contributed by atoms with van der Waals surface area (Å²) in [5, 5.41) is 10.6. The minimum Gasteiger partial charge on any atom is -0.326 e. The van der Waals surface area contributed by atoms with Gasteiger partial charge in [-0.15, -0.1) is 0 Å². The molecule has 0 aliphatic rings. The molecule has 2 aromatic heterocycles. The maximum absolute atomic E-state index is 12.0. The Morgan fingerprint density at radius 2 is 1.95 bits per heavy atom. The molecule has 0 aliphatic heterocycles. The minimum atomic E-state index is -0.277. The van der Waals surface area contributed by atoms with Crippen LogP contribution in [0.1, 0.15) is 18.2 Å². The van der Waals surface area contributed by atoms with Gasteiger partial charge in [-0.1, -0.05) is 6.07 Å². The van der Waals surface area contributed by atoms with Gasteiger partial charge < -0.3 is 5.32 Å². The van der Waals surface area contributed by atoms with Crippen LogP contribution in [-0.4, -0.2) is 21.1 Å². The lowest BCUT2D eigenvalue weighted by molar-refractivity contribution is -0.114. The molecule has 0 unspecified atom stereocenters. The minimum absolute atomic E-state index is 0.179. The molecule has 1 amide bonds. The van der Waals surface area contributed by atoms with E-state index in [2.05, 4.69) is 20.5 Å². The number of rotatable bonds is 3. The molecule has 0 spiro atoms.